The molecule has 0 aromatic heterocycles. The lowest BCUT2D eigenvalue weighted by Crippen LogP contribution is -2.25. The van der Waals surface area contributed by atoms with E-state index in [4.69, 9.17) is 12.2 Å². The molecule has 0 bridgehead atoms. The number of rotatable bonds is 3. The van der Waals surface area contributed by atoms with Crippen LogP contribution >= 0.6 is 12.2 Å². The highest BCUT2D eigenvalue weighted by molar-refractivity contribution is 7.80. The lowest BCUT2D eigenvalue weighted by Gasteiger charge is -2.14. The molecule has 0 atom stereocenters. The summed E-state index contributed by atoms with van der Waals surface area (Å²) in [6.45, 7) is 0. The van der Waals surface area contributed by atoms with E-state index >= 15 is 0 Å². The zero-order chi connectivity index (χ0) is 19.4. The number of thiocarbonyl (C=S) groups is 1. The van der Waals surface area contributed by atoms with Gasteiger partial charge in [-0.1, -0.05) is 30.3 Å². The number of halogens is 6. The molecular formula is C16H11F6N3S. The average molecular weight is 391 g/mol. The van der Waals surface area contributed by atoms with Gasteiger partial charge in [-0.2, -0.15) is 31.4 Å². The summed E-state index contributed by atoms with van der Waals surface area (Å²) in [6.07, 6.45) is -8.27. The normalized spacial score (nSPS) is 12.2. The van der Waals surface area contributed by atoms with Gasteiger partial charge in [0.1, 0.15) is 0 Å². The first kappa shape index (κ1) is 19.7. The Bertz CT molecular complexity index is 814. The molecular weight excluding hydrogens is 380 g/mol. The van der Waals surface area contributed by atoms with Gasteiger partial charge in [-0.15, -0.1) is 0 Å². The second-order valence-electron chi connectivity index (χ2n) is 4.95. The maximum Gasteiger partial charge on any atom is 0.418 e. The largest absolute Gasteiger partial charge is 0.418 e. The summed E-state index contributed by atoms with van der Waals surface area (Å²) in [4.78, 5) is 0. The highest BCUT2D eigenvalue weighted by atomic mass is 32.1. The molecule has 10 heteroatoms. The molecule has 2 aromatic rings. The Kier molecular flexibility index (Phi) is 5.86. The van der Waals surface area contributed by atoms with Crippen molar-refractivity contribution in [3.63, 3.8) is 0 Å². The zero-order valence-corrected chi connectivity index (χ0v) is 13.6. The van der Waals surface area contributed by atoms with Gasteiger partial charge in [0, 0.05) is 5.56 Å². The summed E-state index contributed by atoms with van der Waals surface area (Å²) in [6, 6.07) is 9.34. The number of benzene rings is 2. The Labute approximate surface area is 149 Å². The molecule has 2 aromatic carbocycles. The van der Waals surface area contributed by atoms with Gasteiger partial charge in [-0.05, 0) is 30.4 Å². The predicted octanol–water partition coefficient (Wildman–Crippen LogP) is 5.04. The summed E-state index contributed by atoms with van der Waals surface area (Å²) >= 11 is 4.81. The number of hydrogen-bond acceptors (Lipinski definition) is 2. The van der Waals surface area contributed by atoms with Crippen molar-refractivity contribution in [3.8, 4) is 0 Å². The summed E-state index contributed by atoms with van der Waals surface area (Å²) in [5, 5.41) is 5.55. The van der Waals surface area contributed by atoms with Gasteiger partial charge in [0.25, 0.3) is 0 Å². The van der Waals surface area contributed by atoms with E-state index in [-0.39, 0.29) is 16.4 Å². The van der Waals surface area contributed by atoms with Gasteiger partial charge in [-0.25, -0.2) is 0 Å². The Morgan fingerprint density at radius 2 is 1.38 bits per heavy atom. The quantitative estimate of drug-likeness (QED) is 0.333. The second-order valence-corrected chi connectivity index (χ2v) is 5.36. The average Bonchev–Trinajstić information content (AvgIpc) is 2.54. The molecule has 2 rings (SSSR count). The highest BCUT2D eigenvalue weighted by Crippen LogP contribution is 2.34. The molecule has 26 heavy (non-hydrogen) atoms. The van der Waals surface area contributed by atoms with E-state index < -0.39 is 23.5 Å². The second kappa shape index (κ2) is 7.73. The number of nitrogens with one attached hydrogen (secondary N) is 2. The lowest BCUT2D eigenvalue weighted by atomic mass is 10.1. The molecule has 0 spiro atoms. The van der Waals surface area contributed by atoms with Crippen LogP contribution in [0.15, 0.2) is 53.6 Å². The summed E-state index contributed by atoms with van der Waals surface area (Å²) in [5.74, 6) is 0. The van der Waals surface area contributed by atoms with Crippen LogP contribution in [0, 0.1) is 0 Å². The van der Waals surface area contributed by atoms with Crippen LogP contribution in [0.2, 0.25) is 0 Å². The van der Waals surface area contributed by atoms with Crippen LogP contribution in [0.1, 0.15) is 16.7 Å². The predicted molar refractivity (Wildman–Crippen MR) is 89.8 cm³/mol. The van der Waals surface area contributed by atoms with Crippen LogP contribution in [-0.2, 0) is 12.4 Å². The fraction of sp³-hybridized carbons (Fsp3) is 0.125. The highest BCUT2D eigenvalue weighted by Gasteiger charge is 2.33. The topological polar surface area (TPSA) is 36.4 Å². The van der Waals surface area contributed by atoms with E-state index in [0.717, 1.165) is 18.3 Å². The number of alkyl halides is 6. The summed E-state index contributed by atoms with van der Waals surface area (Å²) < 4.78 is 77.2. The van der Waals surface area contributed by atoms with E-state index in [2.05, 4.69) is 15.8 Å². The molecule has 0 radical (unpaired) electrons. The fourth-order valence-corrected chi connectivity index (χ4v) is 2.18. The molecule has 0 amide bonds. The Hall–Kier alpha value is -2.62. The number of hydrogen-bond donors (Lipinski definition) is 2. The van der Waals surface area contributed by atoms with Crippen LogP contribution in [0.5, 0.6) is 0 Å². The molecule has 0 saturated heterocycles. The first-order chi connectivity index (χ1) is 12.1. The van der Waals surface area contributed by atoms with E-state index in [9.17, 15) is 26.3 Å². The zero-order valence-electron chi connectivity index (χ0n) is 12.8. The SMILES string of the molecule is FC(F)(F)c1ccccc1/C=N\NC(=S)Nc1ccccc1C(F)(F)F. The van der Waals surface area contributed by atoms with Crippen molar-refractivity contribution >= 4 is 29.2 Å². The Balaban J connectivity index is 2.09. The molecule has 0 aliphatic heterocycles. The van der Waals surface area contributed by atoms with Crippen LogP contribution in [0.3, 0.4) is 0 Å². The summed E-state index contributed by atoms with van der Waals surface area (Å²) in [5.41, 5.74) is -0.158. The van der Waals surface area contributed by atoms with E-state index in [1.165, 1.54) is 36.4 Å². The van der Waals surface area contributed by atoms with Crippen LogP contribution in [0.4, 0.5) is 32.0 Å². The van der Waals surface area contributed by atoms with Crippen molar-refractivity contribution < 1.29 is 26.3 Å². The van der Waals surface area contributed by atoms with Crippen molar-refractivity contribution in [1.29, 1.82) is 0 Å². The van der Waals surface area contributed by atoms with Gasteiger partial charge in [-0.3, -0.25) is 5.43 Å². The van der Waals surface area contributed by atoms with Crippen LogP contribution < -0.4 is 10.7 Å². The smallest absolute Gasteiger partial charge is 0.331 e. The molecule has 0 fully saturated rings. The number of hydrazone groups is 1. The fourth-order valence-electron chi connectivity index (χ4n) is 2.02. The molecule has 0 unspecified atom stereocenters. The maximum absolute atomic E-state index is 12.9. The first-order valence-corrected chi connectivity index (χ1v) is 7.42. The van der Waals surface area contributed by atoms with Gasteiger partial charge in [0.15, 0.2) is 5.11 Å². The van der Waals surface area contributed by atoms with Crippen molar-refractivity contribution in [2.45, 2.75) is 12.4 Å². The van der Waals surface area contributed by atoms with E-state index in [1.54, 1.807) is 0 Å². The first-order valence-electron chi connectivity index (χ1n) is 7.01. The third-order valence-electron chi connectivity index (χ3n) is 3.12. The molecule has 138 valence electrons. The Morgan fingerprint density at radius 3 is 2.00 bits per heavy atom. The van der Waals surface area contributed by atoms with Crippen LogP contribution in [-0.4, -0.2) is 11.3 Å². The van der Waals surface area contributed by atoms with E-state index in [1.807, 2.05) is 0 Å². The van der Waals surface area contributed by atoms with Crippen molar-refractivity contribution in [3.05, 3.63) is 65.2 Å². The lowest BCUT2D eigenvalue weighted by molar-refractivity contribution is -0.138. The molecule has 2 N–H and O–H groups in total. The van der Waals surface area contributed by atoms with Gasteiger partial charge in [0.2, 0.25) is 0 Å². The van der Waals surface area contributed by atoms with Crippen molar-refractivity contribution in [1.82, 2.24) is 5.43 Å². The third kappa shape index (κ3) is 5.19. The Morgan fingerprint density at radius 1 is 0.846 bits per heavy atom. The van der Waals surface area contributed by atoms with Gasteiger partial charge < -0.3 is 5.32 Å². The molecule has 0 saturated carbocycles. The van der Waals surface area contributed by atoms with Crippen molar-refractivity contribution in [2.24, 2.45) is 5.10 Å². The minimum Gasteiger partial charge on any atom is -0.331 e. The van der Waals surface area contributed by atoms with E-state index in [0.29, 0.717) is 0 Å². The number of anilines is 1. The number of nitrogens with zero attached hydrogens (tertiary/aromatic N) is 1. The third-order valence-corrected chi connectivity index (χ3v) is 3.31. The monoisotopic (exact) mass is 391 g/mol. The molecule has 3 nitrogen and oxygen atoms in total. The molecule has 0 aliphatic carbocycles. The summed E-state index contributed by atoms with van der Waals surface area (Å²) in [7, 11) is 0. The maximum atomic E-state index is 12.9. The minimum atomic E-state index is -4.59. The van der Waals surface area contributed by atoms with Crippen molar-refractivity contribution in [2.75, 3.05) is 5.32 Å². The van der Waals surface area contributed by atoms with Gasteiger partial charge >= 0.3 is 12.4 Å². The molecule has 0 aliphatic rings. The van der Waals surface area contributed by atoms with Gasteiger partial charge in [0.05, 0.1) is 23.0 Å². The van der Waals surface area contributed by atoms with Crippen LogP contribution in [0.25, 0.3) is 0 Å². The minimum absolute atomic E-state index is 0.217. The standard InChI is InChI=1S/C16H11F6N3S/c17-15(18,19)11-6-2-1-5-10(11)9-23-25-14(26)24-13-8-4-3-7-12(13)16(20,21)22/h1-9H,(H2,24,25,26)/b23-9-. The number of para-hydroxylation sites is 1. The molecule has 0 heterocycles.